The molecule has 7 nitrogen and oxygen atoms in total. The highest BCUT2D eigenvalue weighted by atomic mass is 19.1. The molecule has 1 aromatic heterocycles. The first-order chi connectivity index (χ1) is 16.5. The number of aromatic nitrogens is 1. The lowest BCUT2D eigenvalue weighted by Gasteiger charge is -2.38. The number of halogens is 1. The number of nitrogen functional groups attached to an aromatic ring is 1. The molecular formula is C26H25FN4O3. The Kier molecular flexibility index (Phi) is 5.67. The van der Waals surface area contributed by atoms with Crippen molar-refractivity contribution in [3.05, 3.63) is 83.3 Å². The van der Waals surface area contributed by atoms with Crippen LogP contribution >= 0.6 is 0 Å². The maximum atomic E-state index is 13.5. The fourth-order valence-electron chi connectivity index (χ4n) is 4.51. The number of hydrogen-bond donors (Lipinski definition) is 2. The van der Waals surface area contributed by atoms with E-state index in [2.05, 4.69) is 16.2 Å². The first kappa shape index (κ1) is 21.9. The quantitative estimate of drug-likeness (QED) is 0.594. The minimum absolute atomic E-state index is 0.308. The van der Waals surface area contributed by atoms with Gasteiger partial charge in [-0.05, 0) is 72.5 Å². The van der Waals surface area contributed by atoms with Gasteiger partial charge in [0, 0.05) is 29.4 Å². The van der Waals surface area contributed by atoms with Crippen molar-refractivity contribution in [3.8, 4) is 16.9 Å². The fraction of sp³-hybridized carbons (Fsp3) is 0.231. The first-order valence-electron chi connectivity index (χ1n) is 11.1. The summed E-state index contributed by atoms with van der Waals surface area (Å²) in [5.74, 6) is 1.51. The lowest BCUT2D eigenvalue weighted by molar-refractivity contribution is -0.137. The Labute approximate surface area is 196 Å². The monoisotopic (exact) mass is 460 g/mol. The molecule has 0 bridgehead atoms. The molecule has 2 aromatic carbocycles. The van der Waals surface area contributed by atoms with Gasteiger partial charge < -0.3 is 25.3 Å². The number of aliphatic hydroxyl groups is 1. The number of pyridine rings is 1. The summed E-state index contributed by atoms with van der Waals surface area (Å²) >= 11 is 0. The number of piperidine rings is 1. The average molecular weight is 461 g/mol. The normalized spacial score (nSPS) is 20.6. The van der Waals surface area contributed by atoms with E-state index in [0.29, 0.717) is 29.5 Å². The molecule has 3 N–H and O–H groups in total. The van der Waals surface area contributed by atoms with E-state index in [1.807, 2.05) is 29.2 Å². The molecule has 1 saturated heterocycles. The van der Waals surface area contributed by atoms with Crippen LogP contribution in [0.4, 0.5) is 10.2 Å². The number of aliphatic hydroxyl groups excluding tert-OH is 1. The lowest BCUT2D eigenvalue weighted by Crippen LogP contribution is -2.51. The van der Waals surface area contributed by atoms with Crippen molar-refractivity contribution in [2.45, 2.75) is 18.6 Å². The molecule has 0 saturated carbocycles. The zero-order valence-corrected chi connectivity index (χ0v) is 18.7. The van der Waals surface area contributed by atoms with Gasteiger partial charge in [-0.3, -0.25) is 0 Å². The minimum Gasteiger partial charge on any atom is -0.496 e. The van der Waals surface area contributed by atoms with Crippen LogP contribution < -0.4 is 10.5 Å². The SMILES string of the molecule is COc1cc(C=C2CCCN3C2=NOC3(CO)c2ccc(F)cc2)ccc1-c1ccc(N)nc1. The van der Waals surface area contributed by atoms with Gasteiger partial charge >= 0.3 is 0 Å². The number of nitrogens with zero attached hydrogens (tertiary/aromatic N) is 3. The Balaban J connectivity index is 1.46. The van der Waals surface area contributed by atoms with Crippen molar-refractivity contribution >= 4 is 17.7 Å². The first-order valence-corrected chi connectivity index (χ1v) is 11.1. The van der Waals surface area contributed by atoms with E-state index in [1.54, 1.807) is 31.5 Å². The van der Waals surface area contributed by atoms with Crippen LogP contribution in [0.5, 0.6) is 5.75 Å². The molecule has 0 radical (unpaired) electrons. The number of anilines is 1. The smallest absolute Gasteiger partial charge is 0.260 e. The molecule has 2 aliphatic heterocycles. The van der Waals surface area contributed by atoms with Crippen LogP contribution in [0.25, 0.3) is 17.2 Å². The molecule has 2 aliphatic rings. The number of methoxy groups -OCH3 is 1. The van der Waals surface area contributed by atoms with E-state index in [1.165, 1.54) is 12.1 Å². The highest BCUT2D eigenvalue weighted by Crippen LogP contribution is 2.40. The summed E-state index contributed by atoms with van der Waals surface area (Å²) in [6, 6.07) is 15.6. The van der Waals surface area contributed by atoms with Gasteiger partial charge in [0.05, 0.1) is 7.11 Å². The molecular weight excluding hydrogens is 435 g/mol. The van der Waals surface area contributed by atoms with Crippen LogP contribution in [-0.2, 0) is 10.6 Å². The zero-order valence-electron chi connectivity index (χ0n) is 18.7. The second-order valence-corrected chi connectivity index (χ2v) is 8.31. The topological polar surface area (TPSA) is 93.2 Å². The van der Waals surface area contributed by atoms with Gasteiger partial charge in [0.25, 0.3) is 5.72 Å². The van der Waals surface area contributed by atoms with Crippen LogP contribution in [0.1, 0.15) is 24.0 Å². The van der Waals surface area contributed by atoms with Crippen molar-refractivity contribution in [3.63, 3.8) is 0 Å². The van der Waals surface area contributed by atoms with Crippen LogP contribution in [0, 0.1) is 5.82 Å². The number of nitrogens with two attached hydrogens (primary N) is 1. The molecule has 0 spiro atoms. The third-order valence-corrected chi connectivity index (χ3v) is 6.26. The number of ether oxygens (including phenoxy) is 1. The molecule has 3 heterocycles. The Morgan fingerprint density at radius 1 is 1.21 bits per heavy atom. The number of oxime groups is 1. The van der Waals surface area contributed by atoms with Crippen LogP contribution in [0.2, 0.25) is 0 Å². The molecule has 0 amide bonds. The van der Waals surface area contributed by atoms with E-state index in [4.69, 9.17) is 15.3 Å². The van der Waals surface area contributed by atoms with Gasteiger partial charge in [-0.15, -0.1) is 0 Å². The highest BCUT2D eigenvalue weighted by Gasteiger charge is 2.49. The molecule has 1 fully saturated rings. The molecule has 0 aliphatic carbocycles. The van der Waals surface area contributed by atoms with E-state index in [9.17, 15) is 9.50 Å². The van der Waals surface area contributed by atoms with Crippen LogP contribution in [0.15, 0.2) is 71.5 Å². The summed E-state index contributed by atoms with van der Waals surface area (Å²) in [7, 11) is 1.63. The average Bonchev–Trinajstić information content (AvgIpc) is 3.26. The highest BCUT2D eigenvalue weighted by molar-refractivity contribution is 6.03. The summed E-state index contributed by atoms with van der Waals surface area (Å²) in [6.45, 7) is 0.359. The lowest BCUT2D eigenvalue weighted by atomic mass is 9.94. The minimum atomic E-state index is -1.16. The van der Waals surface area contributed by atoms with E-state index >= 15 is 0 Å². The summed E-state index contributed by atoms with van der Waals surface area (Å²) in [6.07, 6.45) is 5.46. The predicted molar refractivity (Wildman–Crippen MR) is 128 cm³/mol. The third kappa shape index (κ3) is 3.76. The standard InChI is InChI=1S/C26H25FN4O3/c1-33-23-14-17(4-10-22(23)19-5-11-24(28)29-15-19)13-18-3-2-12-31-25(18)30-34-26(31,16-32)20-6-8-21(27)9-7-20/h4-11,13-15,32H,2-3,12,16H2,1H3,(H2,28,29). The van der Waals surface area contributed by atoms with Crippen molar-refractivity contribution in [2.75, 3.05) is 26.0 Å². The maximum Gasteiger partial charge on any atom is 0.260 e. The van der Waals surface area contributed by atoms with E-state index in [0.717, 1.165) is 35.1 Å². The third-order valence-electron chi connectivity index (χ3n) is 6.26. The number of benzene rings is 2. The van der Waals surface area contributed by atoms with Crippen molar-refractivity contribution < 1.29 is 19.1 Å². The van der Waals surface area contributed by atoms with Gasteiger partial charge in [0.15, 0.2) is 5.84 Å². The van der Waals surface area contributed by atoms with Gasteiger partial charge in [-0.1, -0.05) is 17.3 Å². The molecule has 34 heavy (non-hydrogen) atoms. The summed E-state index contributed by atoms with van der Waals surface area (Å²) in [4.78, 5) is 11.9. The van der Waals surface area contributed by atoms with Crippen LogP contribution in [-0.4, -0.2) is 41.1 Å². The Hall–Kier alpha value is -3.91. The number of amidine groups is 1. The Bertz CT molecular complexity index is 1260. The fourth-order valence-corrected chi connectivity index (χ4v) is 4.51. The summed E-state index contributed by atoms with van der Waals surface area (Å²) < 4.78 is 19.1. The van der Waals surface area contributed by atoms with Gasteiger partial charge in [-0.25, -0.2) is 9.37 Å². The number of fused-ring (bicyclic) bond motifs is 1. The van der Waals surface area contributed by atoms with E-state index in [-0.39, 0.29) is 12.4 Å². The largest absolute Gasteiger partial charge is 0.496 e. The molecule has 8 heteroatoms. The summed E-state index contributed by atoms with van der Waals surface area (Å²) in [5.41, 5.74) is 8.97. The Morgan fingerprint density at radius 2 is 2.03 bits per heavy atom. The van der Waals surface area contributed by atoms with Crippen molar-refractivity contribution in [1.82, 2.24) is 9.88 Å². The number of rotatable bonds is 5. The van der Waals surface area contributed by atoms with Gasteiger partial charge in [0.2, 0.25) is 0 Å². The molecule has 3 aromatic rings. The second kappa shape index (κ2) is 8.79. The molecule has 1 atom stereocenters. The van der Waals surface area contributed by atoms with E-state index < -0.39 is 5.72 Å². The molecule has 5 rings (SSSR count). The Morgan fingerprint density at radius 3 is 2.74 bits per heavy atom. The molecule has 1 unspecified atom stereocenters. The predicted octanol–water partition coefficient (Wildman–Crippen LogP) is 4.15. The zero-order chi connectivity index (χ0) is 23.7. The van der Waals surface area contributed by atoms with Crippen LogP contribution in [0.3, 0.4) is 0 Å². The number of hydrogen-bond acceptors (Lipinski definition) is 7. The maximum absolute atomic E-state index is 13.5. The summed E-state index contributed by atoms with van der Waals surface area (Å²) in [5, 5.41) is 14.6. The van der Waals surface area contributed by atoms with Crippen molar-refractivity contribution in [1.29, 1.82) is 0 Å². The second-order valence-electron chi connectivity index (χ2n) is 8.31. The molecule has 174 valence electrons. The van der Waals surface area contributed by atoms with Gasteiger partial charge in [-0.2, -0.15) is 0 Å². The van der Waals surface area contributed by atoms with Crippen molar-refractivity contribution in [2.24, 2.45) is 5.16 Å². The van der Waals surface area contributed by atoms with Gasteiger partial charge in [0.1, 0.15) is 24.0 Å².